The van der Waals surface area contributed by atoms with Crippen LogP contribution >= 0.6 is 0 Å². The van der Waals surface area contributed by atoms with E-state index in [-0.39, 0.29) is 22.7 Å². The van der Waals surface area contributed by atoms with Crippen LogP contribution in [0.15, 0.2) is 118 Å². The van der Waals surface area contributed by atoms with Gasteiger partial charge in [-0.05, 0) is 76.6 Å². The zero-order valence-corrected chi connectivity index (χ0v) is 28.7. The van der Waals surface area contributed by atoms with E-state index in [2.05, 4.69) is 106 Å². The summed E-state index contributed by atoms with van der Waals surface area (Å²) in [4.78, 5) is 22.0. The lowest BCUT2D eigenvalue weighted by atomic mass is 9.76. The van der Waals surface area contributed by atoms with Crippen LogP contribution in [0.25, 0.3) is 42.4 Å². The molecule has 0 bridgehead atoms. The Balaban J connectivity index is 1.32. The maximum absolute atomic E-state index is 14.0. The number of allylic oxidation sites excluding steroid dienone is 5. The number of ketones is 1. The number of rotatable bonds is 10. The average molecular weight is 663 g/mol. The van der Waals surface area contributed by atoms with Crippen molar-refractivity contribution >= 4 is 44.4 Å². The zero-order chi connectivity index (χ0) is 35.2. The van der Waals surface area contributed by atoms with Gasteiger partial charge in [-0.1, -0.05) is 84.4 Å². The summed E-state index contributed by atoms with van der Waals surface area (Å²) in [6.45, 7) is 10.4. The number of hydrogen-bond donors (Lipinski definition) is 0. The molecule has 50 heavy (non-hydrogen) atoms. The monoisotopic (exact) mass is 662 g/mol. The van der Waals surface area contributed by atoms with E-state index in [1.54, 1.807) is 12.2 Å². The van der Waals surface area contributed by atoms with E-state index >= 15 is 0 Å². The predicted molar refractivity (Wildman–Crippen MR) is 197 cm³/mol. The molecule has 0 N–H and O–H groups in total. The third kappa shape index (κ3) is 5.12. The van der Waals surface area contributed by atoms with Gasteiger partial charge in [-0.15, -0.1) is 0 Å². The van der Waals surface area contributed by atoms with Crippen LogP contribution in [0, 0.1) is 0 Å². The molecule has 0 aromatic heterocycles. The van der Waals surface area contributed by atoms with Gasteiger partial charge in [-0.25, -0.2) is 0 Å². The van der Waals surface area contributed by atoms with E-state index in [1.165, 1.54) is 0 Å². The van der Waals surface area contributed by atoms with Crippen LogP contribution in [-0.2, 0) is 15.6 Å². The number of azide groups is 2. The van der Waals surface area contributed by atoms with Gasteiger partial charge in [0.05, 0.1) is 5.41 Å². The smallest absolute Gasteiger partial charge is 0.210 e. The number of hydrogen-bond acceptors (Lipinski definition) is 5. The fourth-order valence-electron chi connectivity index (χ4n) is 8.13. The van der Waals surface area contributed by atoms with Crippen LogP contribution in [0.1, 0.15) is 51.7 Å². The number of fused-ring (bicyclic) bond motifs is 6. The Morgan fingerprint density at radius 2 is 1.42 bits per heavy atom. The molecule has 0 amide bonds. The van der Waals surface area contributed by atoms with E-state index in [1.807, 2.05) is 24.3 Å². The van der Waals surface area contributed by atoms with Crippen molar-refractivity contribution in [3.8, 4) is 0 Å². The normalized spacial score (nSPS) is 18.8. The molecule has 0 saturated carbocycles. The summed E-state index contributed by atoms with van der Waals surface area (Å²) < 4.78 is 2.17. The van der Waals surface area contributed by atoms with Gasteiger partial charge in [0.25, 0.3) is 0 Å². The lowest BCUT2D eigenvalue weighted by Crippen LogP contribution is -2.35. The van der Waals surface area contributed by atoms with E-state index in [0.717, 1.165) is 55.5 Å². The van der Waals surface area contributed by atoms with Crippen molar-refractivity contribution in [1.82, 2.24) is 0 Å². The van der Waals surface area contributed by atoms with Crippen LogP contribution in [0.2, 0.25) is 0 Å². The second-order valence-electron chi connectivity index (χ2n) is 14.1. The van der Waals surface area contributed by atoms with E-state index in [4.69, 9.17) is 11.1 Å². The van der Waals surface area contributed by atoms with Crippen molar-refractivity contribution in [3.63, 3.8) is 0 Å². The Morgan fingerprint density at radius 3 is 2.08 bits per heavy atom. The van der Waals surface area contributed by atoms with Gasteiger partial charge in [-0.2, -0.15) is 4.58 Å². The highest BCUT2D eigenvalue weighted by Gasteiger charge is 2.47. The largest absolute Gasteiger partial charge is 0.871 e. The topological polar surface area (TPSA) is 144 Å². The molecule has 0 saturated heterocycles. The SMILES string of the molecule is CC1(C)C(/C=C2/C(=O)C(/C=C3/N(CCCN=[N+]=[N-])c4ccc5ccccc5c4C3(C)C)=C2[O-])=[N+](CCCN=[N+]=[N-])c2ccc3ccccc3c21. The Kier molecular flexibility index (Phi) is 8.22. The highest BCUT2D eigenvalue weighted by atomic mass is 16.3. The summed E-state index contributed by atoms with van der Waals surface area (Å²) in [5.74, 6) is -0.544. The molecule has 7 rings (SSSR count). The number of nitrogens with zero attached hydrogens (tertiary/aromatic N) is 8. The predicted octanol–water partition coefficient (Wildman–Crippen LogP) is 8.58. The molecular weight excluding hydrogens is 624 g/mol. The summed E-state index contributed by atoms with van der Waals surface area (Å²) in [7, 11) is 0. The summed E-state index contributed by atoms with van der Waals surface area (Å²) in [5, 5.41) is 26.0. The highest BCUT2D eigenvalue weighted by Crippen LogP contribution is 2.52. The summed E-state index contributed by atoms with van der Waals surface area (Å²) in [6, 6.07) is 24.9. The van der Waals surface area contributed by atoms with Gasteiger partial charge in [0, 0.05) is 81.5 Å². The van der Waals surface area contributed by atoms with Gasteiger partial charge >= 0.3 is 0 Å². The fourth-order valence-corrected chi connectivity index (χ4v) is 8.13. The first-order valence-corrected chi connectivity index (χ1v) is 17.0. The third-order valence-corrected chi connectivity index (χ3v) is 10.5. The molecule has 0 fully saturated rings. The maximum atomic E-state index is 14.0. The molecule has 10 heteroatoms. The Hall–Kier alpha value is -5.82. The molecule has 2 aliphatic heterocycles. The number of benzene rings is 4. The zero-order valence-electron chi connectivity index (χ0n) is 28.7. The minimum Gasteiger partial charge on any atom is -0.871 e. The Labute approximate surface area is 290 Å². The van der Waals surface area contributed by atoms with Crippen molar-refractivity contribution < 1.29 is 14.5 Å². The molecule has 0 unspecified atom stereocenters. The molecule has 4 aromatic carbocycles. The molecular formula is C40H38N8O2. The highest BCUT2D eigenvalue weighted by molar-refractivity contribution is 6.24. The minimum absolute atomic E-state index is 0.172. The van der Waals surface area contributed by atoms with E-state index in [9.17, 15) is 9.90 Å². The number of carbonyl (C=O) groups is 1. The summed E-state index contributed by atoms with van der Waals surface area (Å²) in [5.41, 5.74) is 23.1. The molecule has 4 aromatic rings. The summed E-state index contributed by atoms with van der Waals surface area (Å²) >= 11 is 0. The molecule has 1 aliphatic carbocycles. The first kappa shape index (κ1) is 32.7. The molecule has 0 atom stereocenters. The van der Waals surface area contributed by atoms with Gasteiger partial charge < -0.3 is 10.0 Å². The molecule has 10 nitrogen and oxygen atoms in total. The van der Waals surface area contributed by atoms with E-state index < -0.39 is 10.8 Å². The average Bonchev–Trinajstić information content (AvgIpc) is 3.47. The standard InChI is InChI=1S/C40H38N8O2/c1-39(2)33(47(21-9-19-43-45-41)31-17-15-25-11-5-7-13-27(25)35(31)39)23-29-37(49)30(38(29)50)24-34-40(3,4)36-28-14-8-6-12-26(28)16-18-32(36)48(34)22-10-20-44-46-42/h5-8,11-18,23-24H,9-10,19-22H2,1-4H3. The molecule has 3 aliphatic rings. The van der Waals surface area contributed by atoms with Crippen molar-refractivity contribution in [2.24, 2.45) is 10.2 Å². The van der Waals surface area contributed by atoms with Gasteiger partial charge in [0.1, 0.15) is 6.54 Å². The molecule has 250 valence electrons. The maximum Gasteiger partial charge on any atom is 0.210 e. The molecule has 2 heterocycles. The minimum atomic E-state index is -0.505. The molecule has 0 spiro atoms. The third-order valence-electron chi connectivity index (χ3n) is 10.5. The quantitative estimate of drug-likeness (QED) is 0.0419. The van der Waals surface area contributed by atoms with Crippen molar-refractivity contribution in [1.29, 1.82) is 0 Å². The van der Waals surface area contributed by atoms with Gasteiger partial charge in [0.2, 0.25) is 5.69 Å². The van der Waals surface area contributed by atoms with Crippen molar-refractivity contribution in [2.45, 2.75) is 51.4 Å². The van der Waals surface area contributed by atoms with Gasteiger partial charge in [-0.3, -0.25) is 4.79 Å². The number of carbonyl (C=O) groups excluding carboxylic acids is 1. The van der Waals surface area contributed by atoms with Crippen LogP contribution in [0.3, 0.4) is 0 Å². The summed E-state index contributed by atoms with van der Waals surface area (Å²) in [6.07, 6.45) is 4.80. The Bertz CT molecular complexity index is 2330. The number of Topliss-reactive ketones (excluding diaryl/α,β-unsaturated/α-hetero) is 1. The van der Waals surface area contributed by atoms with Crippen molar-refractivity contribution in [2.75, 3.05) is 31.1 Å². The van der Waals surface area contributed by atoms with Crippen LogP contribution < -0.4 is 10.0 Å². The lowest BCUT2D eigenvalue weighted by Gasteiger charge is -2.33. The van der Waals surface area contributed by atoms with Crippen LogP contribution in [0.5, 0.6) is 0 Å². The van der Waals surface area contributed by atoms with Gasteiger partial charge in [0.15, 0.2) is 11.5 Å². The fraction of sp³-hybridized carbons (Fsp3) is 0.300. The first-order valence-electron chi connectivity index (χ1n) is 17.0. The lowest BCUT2D eigenvalue weighted by molar-refractivity contribution is -0.437. The molecule has 0 radical (unpaired) electrons. The van der Waals surface area contributed by atoms with Crippen LogP contribution in [0.4, 0.5) is 11.4 Å². The second kappa shape index (κ2) is 12.6. The van der Waals surface area contributed by atoms with Crippen molar-refractivity contribution in [3.05, 3.63) is 140 Å². The number of anilines is 1. The van der Waals surface area contributed by atoms with Crippen LogP contribution in [-0.4, -0.2) is 42.2 Å². The first-order chi connectivity index (χ1) is 24.1. The second-order valence-corrected chi connectivity index (χ2v) is 14.1. The van der Waals surface area contributed by atoms with E-state index in [0.29, 0.717) is 39.0 Å². The Morgan fingerprint density at radius 1 is 0.800 bits per heavy atom.